The number of carbonyl (C=O) groups excluding carboxylic acids is 4. The molecule has 2 heterocycles. The minimum Gasteiger partial charge on any atom is -0.496 e. The number of ether oxygens (including phenoxy) is 2. The lowest BCUT2D eigenvalue weighted by Gasteiger charge is -2.35. The van der Waals surface area contributed by atoms with Crippen LogP contribution in [-0.2, 0) is 14.4 Å². The maximum absolute atomic E-state index is 12.9. The zero-order chi connectivity index (χ0) is 21.1. The summed E-state index contributed by atoms with van der Waals surface area (Å²) in [5.41, 5.74) is 1.27. The predicted molar refractivity (Wildman–Crippen MR) is 103 cm³/mol. The van der Waals surface area contributed by atoms with E-state index in [4.69, 9.17) is 9.47 Å². The van der Waals surface area contributed by atoms with Gasteiger partial charge in [0.05, 0.1) is 14.2 Å². The molecular formula is C20H25N3O6. The molecule has 2 saturated heterocycles. The highest BCUT2D eigenvalue weighted by molar-refractivity contribution is 6.04. The van der Waals surface area contributed by atoms with Crippen LogP contribution in [0.1, 0.15) is 28.8 Å². The normalized spacial score (nSPS) is 17.0. The molecule has 0 aromatic heterocycles. The number of imide groups is 1. The fourth-order valence-electron chi connectivity index (χ4n) is 3.59. The Labute approximate surface area is 169 Å². The van der Waals surface area contributed by atoms with Crippen LogP contribution in [0.5, 0.6) is 11.5 Å². The van der Waals surface area contributed by atoms with Gasteiger partial charge in [0.1, 0.15) is 18.0 Å². The second-order valence-corrected chi connectivity index (χ2v) is 7.05. The zero-order valence-corrected chi connectivity index (χ0v) is 16.9. The Bertz CT molecular complexity index is 804. The van der Waals surface area contributed by atoms with E-state index >= 15 is 0 Å². The molecule has 3 rings (SSSR count). The fourth-order valence-corrected chi connectivity index (χ4v) is 3.59. The quantitative estimate of drug-likeness (QED) is 0.662. The molecule has 0 bridgehead atoms. The van der Waals surface area contributed by atoms with Crippen molar-refractivity contribution in [3.8, 4) is 11.5 Å². The minimum atomic E-state index is -0.306. The Kier molecular flexibility index (Phi) is 6.05. The van der Waals surface area contributed by atoms with E-state index in [1.54, 1.807) is 21.9 Å². The van der Waals surface area contributed by atoms with Gasteiger partial charge in [0.2, 0.25) is 17.7 Å². The van der Waals surface area contributed by atoms with Crippen LogP contribution < -0.4 is 9.47 Å². The first-order valence-corrected chi connectivity index (χ1v) is 9.48. The molecule has 9 heteroatoms. The molecule has 0 radical (unpaired) electrons. The highest BCUT2D eigenvalue weighted by Crippen LogP contribution is 2.30. The minimum absolute atomic E-state index is 0.165. The largest absolute Gasteiger partial charge is 0.496 e. The number of likely N-dealkylation sites (tertiary alicyclic amines) is 1. The Balaban J connectivity index is 1.62. The molecule has 1 aromatic carbocycles. The summed E-state index contributed by atoms with van der Waals surface area (Å²) in [7, 11) is 3.08. The van der Waals surface area contributed by atoms with Gasteiger partial charge in [0, 0.05) is 50.1 Å². The lowest BCUT2D eigenvalue weighted by atomic mass is 10.1. The van der Waals surface area contributed by atoms with E-state index in [-0.39, 0.29) is 43.0 Å². The summed E-state index contributed by atoms with van der Waals surface area (Å²) in [6, 6.07) is 3.37. The molecule has 156 valence electrons. The van der Waals surface area contributed by atoms with Gasteiger partial charge in [0.25, 0.3) is 5.91 Å². The van der Waals surface area contributed by atoms with Crippen LogP contribution in [0.25, 0.3) is 0 Å². The summed E-state index contributed by atoms with van der Waals surface area (Å²) in [5, 5.41) is 0. The molecule has 9 nitrogen and oxygen atoms in total. The molecule has 29 heavy (non-hydrogen) atoms. The van der Waals surface area contributed by atoms with E-state index < -0.39 is 0 Å². The van der Waals surface area contributed by atoms with Gasteiger partial charge >= 0.3 is 0 Å². The monoisotopic (exact) mass is 403 g/mol. The summed E-state index contributed by atoms with van der Waals surface area (Å²) in [6.07, 6.45) is 0.329. The Morgan fingerprint density at radius 1 is 0.897 bits per heavy atom. The molecule has 0 saturated carbocycles. The van der Waals surface area contributed by atoms with Crippen molar-refractivity contribution in [1.29, 1.82) is 0 Å². The maximum atomic E-state index is 12.9. The predicted octanol–water partition coefficient (Wildman–Crippen LogP) is 0.446. The first-order chi connectivity index (χ1) is 13.8. The summed E-state index contributed by atoms with van der Waals surface area (Å²) >= 11 is 0. The number of nitrogens with zero attached hydrogens (tertiary/aromatic N) is 3. The number of rotatable bonds is 5. The summed E-state index contributed by atoms with van der Waals surface area (Å²) < 4.78 is 10.7. The van der Waals surface area contributed by atoms with Gasteiger partial charge in [-0.3, -0.25) is 24.1 Å². The highest BCUT2D eigenvalue weighted by Gasteiger charge is 2.33. The fraction of sp³-hybridized carbons (Fsp3) is 0.500. The Hall–Kier alpha value is -3.10. The van der Waals surface area contributed by atoms with Crippen LogP contribution in [-0.4, -0.2) is 85.3 Å². The third-order valence-electron chi connectivity index (χ3n) is 5.37. The molecule has 1 aromatic rings. The van der Waals surface area contributed by atoms with E-state index in [0.717, 1.165) is 10.5 Å². The first-order valence-electron chi connectivity index (χ1n) is 9.48. The first kappa shape index (κ1) is 20.6. The molecule has 0 aliphatic carbocycles. The Morgan fingerprint density at radius 2 is 1.38 bits per heavy atom. The number of methoxy groups -OCH3 is 2. The molecule has 2 fully saturated rings. The molecule has 0 spiro atoms. The summed E-state index contributed by atoms with van der Waals surface area (Å²) in [4.78, 5) is 53.0. The van der Waals surface area contributed by atoms with E-state index in [9.17, 15) is 19.2 Å². The number of hydrogen-bond donors (Lipinski definition) is 0. The molecular weight excluding hydrogens is 378 g/mol. The number of hydrogen-bond acceptors (Lipinski definition) is 6. The average Bonchev–Trinajstić information content (AvgIpc) is 3.05. The van der Waals surface area contributed by atoms with E-state index in [0.29, 0.717) is 43.2 Å². The zero-order valence-electron chi connectivity index (χ0n) is 16.9. The highest BCUT2D eigenvalue weighted by atomic mass is 16.5. The number of amides is 4. The number of piperazine rings is 1. The molecule has 0 unspecified atom stereocenters. The van der Waals surface area contributed by atoms with Gasteiger partial charge < -0.3 is 19.3 Å². The van der Waals surface area contributed by atoms with Crippen molar-refractivity contribution in [2.45, 2.75) is 19.8 Å². The van der Waals surface area contributed by atoms with Gasteiger partial charge in [-0.2, -0.15) is 0 Å². The molecule has 2 aliphatic rings. The average molecular weight is 403 g/mol. The molecule has 0 N–H and O–H groups in total. The van der Waals surface area contributed by atoms with Crippen LogP contribution in [0.2, 0.25) is 0 Å². The van der Waals surface area contributed by atoms with Crippen molar-refractivity contribution in [1.82, 2.24) is 14.7 Å². The second kappa shape index (κ2) is 8.50. The van der Waals surface area contributed by atoms with E-state index in [1.807, 2.05) is 6.92 Å². The Morgan fingerprint density at radius 3 is 1.86 bits per heavy atom. The lowest BCUT2D eigenvalue weighted by Crippen LogP contribution is -2.53. The van der Waals surface area contributed by atoms with Crippen molar-refractivity contribution >= 4 is 23.6 Å². The van der Waals surface area contributed by atoms with E-state index in [2.05, 4.69) is 0 Å². The van der Waals surface area contributed by atoms with Crippen molar-refractivity contribution < 1.29 is 28.7 Å². The summed E-state index contributed by atoms with van der Waals surface area (Å²) in [5.74, 6) is 0.0831. The van der Waals surface area contributed by atoms with Crippen LogP contribution in [0.3, 0.4) is 0 Å². The van der Waals surface area contributed by atoms with Gasteiger partial charge in [-0.15, -0.1) is 0 Å². The van der Waals surface area contributed by atoms with Crippen LogP contribution >= 0.6 is 0 Å². The second-order valence-electron chi connectivity index (χ2n) is 7.05. The topological polar surface area (TPSA) is 96.5 Å². The van der Waals surface area contributed by atoms with E-state index in [1.165, 1.54) is 14.2 Å². The summed E-state index contributed by atoms with van der Waals surface area (Å²) in [6.45, 7) is 3.06. The van der Waals surface area contributed by atoms with Crippen LogP contribution in [0.4, 0.5) is 0 Å². The van der Waals surface area contributed by atoms with Crippen LogP contribution in [0.15, 0.2) is 12.1 Å². The third kappa shape index (κ3) is 4.18. The SMILES string of the molecule is COc1cc(C(=O)N2CCN(C(=O)CN3C(=O)CCC3=O)CC2)cc(OC)c1C. The standard InChI is InChI=1S/C20H25N3O6/c1-13-15(28-2)10-14(11-16(13)29-3)20(27)22-8-6-21(7-9-22)19(26)12-23-17(24)4-5-18(23)25/h10-11H,4-9,12H2,1-3H3. The van der Waals surface area contributed by atoms with Crippen molar-refractivity contribution in [3.63, 3.8) is 0 Å². The van der Waals surface area contributed by atoms with Crippen molar-refractivity contribution in [3.05, 3.63) is 23.3 Å². The van der Waals surface area contributed by atoms with Gasteiger partial charge in [-0.05, 0) is 19.1 Å². The molecule has 2 aliphatic heterocycles. The molecule has 0 atom stereocenters. The maximum Gasteiger partial charge on any atom is 0.254 e. The molecule has 4 amide bonds. The third-order valence-corrected chi connectivity index (χ3v) is 5.37. The lowest BCUT2D eigenvalue weighted by molar-refractivity contribution is -0.146. The number of benzene rings is 1. The van der Waals surface area contributed by atoms with Crippen molar-refractivity contribution in [2.75, 3.05) is 46.9 Å². The number of carbonyl (C=O) groups is 4. The van der Waals surface area contributed by atoms with Gasteiger partial charge in [0.15, 0.2) is 0 Å². The van der Waals surface area contributed by atoms with Gasteiger partial charge in [-0.1, -0.05) is 0 Å². The van der Waals surface area contributed by atoms with Gasteiger partial charge in [-0.25, -0.2) is 0 Å². The van der Waals surface area contributed by atoms with Crippen LogP contribution in [0, 0.1) is 6.92 Å². The smallest absolute Gasteiger partial charge is 0.254 e. The van der Waals surface area contributed by atoms with Crippen molar-refractivity contribution in [2.24, 2.45) is 0 Å².